The Labute approximate surface area is 131 Å². The van der Waals surface area contributed by atoms with E-state index in [-0.39, 0.29) is 12.6 Å². The normalized spacial score (nSPS) is 9.95. The molecular weight excluding hydrogens is 284 g/mol. The fraction of sp³-hybridized carbons (Fsp3) is 0.500. The molecule has 1 aromatic carbocycles. The maximum atomic E-state index is 11.4. The number of rotatable bonds is 8. The highest BCUT2D eigenvalue weighted by molar-refractivity contribution is 5.80. The average Bonchev–Trinajstić information content (AvgIpc) is 2.48. The van der Waals surface area contributed by atoms with Gasteiger partial charge in [0.1, 0.15) is 12.3 Å². The highest BCUT2D eigenvalue weighted by Gasteiger charge is 2.05. The lowest BCUT2D eigenvalue weighted by Crippen LogP contribution is -2.39. The Balaban J connectivity index is 2.15. The van der Waals surface area contributed by atoms with Crippen molar-refractivity contribution >= 4 is 12.0 Å². The first-order valence-electron chi connectivity index (χ1n) is 7.41. The maximum absolute atomic E-state index is 11.4. The van der Waals surface area contributed by atoms with Crippen LogP contribution >= 0.6 is 0 Å². The van der Waals surface area contributed by atoms with Gasteiger partial charge in [0.25, 0.3) is 0 Å². The third-order valence-corrected chi connectivity index (χ3v) is 2.96. The molecule has 0 aliphatic carbocycles. The van der Waals surface area contributed by atoms with Crippen LogP contribution in [0.1, 0.15) is 24.5 Å². The molecule has 6 heteroatoms. The minimum absolute atomic E-state index is 0.126. The van der Waals surface area contributed by atoms with E-state index in [1.54, 1.807) is 6.92 Å². The van der Waals surface area contributed by atoms with Crippen LogP contribution < -0.4 is 15.4 Å². The molecule has 0 aromatic heterocycles. The zero-order chi connectivity index (χ0) is 16.4. The van der Waals surface area contributed by atoms with Crippen molar-refractivity contribution in [2.24, 2.45) is 0 Å². The number of carbonyl (C=O) groups is 2. The number of para-hydroxylation sites is 1. The molecule has 0 aliphatic heterocycles. The highest BCUT2D eigenvalue weighted by atomic mass is 16.5. The van der Waals surface area contributed by atoms with Crippen molar-refractivity contribution in [1.82, 2.24) is 10.6 Å². The van der Waals surface area contributed by atoms with Crippen molar-refractivity contribution in [2.45, 2.75) is 27.2 Å². The molecule has 0 spiro atoms. The van der Waals surface area contributed by atoms with Gasteiger partial charge in [0.15, 0.2) is 0 Å². The number of aryl methyl sites for hydroxylation is 2. The van der Waals surface area contributed by atoms with Crippen molar-refractivity contribution in [2.75, 3.05) is 26.3 Å². The molecule has 0 unspecified atom stereocenters. The predicted molar refractivity (Wildman–Crippen MR) is 84.1 cm³/mol. The third kappa shape index (κ3) is 6.47. The smallest absolute Gasteiger partial charge is 0.325 e. The summed E-state index contributed by atoms with van der Waals surface area (Å²) < 4.78 is 10.4. The summed E-state index contributed by atoms with van der Waals surface area (Å²) in [5.74, 6) is 0.449. The molecule has 2 amide bonds. The van der Waals surface area contributed by atoms with Crippen molar-refractivity contribution in [1.29, 1.82) is 0 Å². The number of hydrogen-bond acceptors (Lipinski definition) is 4. The number of carbonyl (C=O) groups excluding carboxylic acids is 2. The second-order valence-corrected chi connectivity index (χ2v) is 4.84. The Morgan fingerprint density at radius 3 is 2.45 bits per heavy atom. The monoisotopic (exact) mass is 308 g/mol. The summed E-state index contributed by atoms with van der Waals surface area (Å²) in [7, 11) is 0. The average molecular weight is 308 g/mol. The van der Waals surface area contributed by atoms with Gasteiger partial charge in [0.05, 0.1) is 13.2 Å². The molecule has 0 aliphatic rings. The first kappa shape index (κ1) is 17.8. The standard InChI is InChI=1S/C16H24N2O4/c1-4-21-14(19)11-18-16(20)17-9-6-10-22-15-12(2)7-5-8-13(15)3/h5,7-8H,4,6,9-11H2,1-3H3,(H2,17,18,20). The zero-order valence-corrected chi connectivity index (χ0v) is 13.4. The zero-order valence-electron chi connectivity index (χ0n) is 13.4. The van der Waals surface area contributed by atoms with Gasteiger partial charge in [0.2, 0.25) is 0 Å². The van der Waals surface area contributed by atoms with E-state index in [1.807, 2.05) is 32.0 Å². The molecule has 1 rings (SSSR count). The summed E-state index contributed by atoms with van der Waals surface area (Å²) in [6.45, 7) is 6.89. The summed E-state index contributed by atoms with van der Waals surface area (Å²) in [5, 5.41) is 5.09. The summed E-state index contributed by atoms with van der Waals surface area (Å²) in [6.07, 6.45) is 0.681. The number of nitrogens with one attached hydrogen (secondary N) is 2. The van der Waals surface area contributed by atoms with Crippen LogP contribution in [0.15, 0.2) is 18.2 Å². The fourth-order valence-electron chi connectivity index (χ4n) is 1.90. The van der Waals surface area contributed by atoms with Crippen LogP contribution in [0.25, 0.3) is 0 Å². The number of amides is 2. The van der Waals surface area contributed by atoms with Crippen LogP contribution in [-0.2, 0) is 9.53 Å². The number of urea groups is 1. The molecule has 1 aromatic rings. The van der Waals surface area contributed by atoms with E-state index in [1.165, 1.54) is 0 Å². The largest absolute Gasteiger partial charge is 0.493 e. The predicted octanol–water partition coefficient (Wildman–Crippen LogP) is 1.93. The molecule has 0 radical (unpaired) electrons. The lowest BCUT2D eigenvalue weighted by Gasteiger charge is -2.12. The Bertz CT molecular complexity index is 483. The van der Waals surface area contributed by atoms with Gasteiger partial charge in [0, 0.05) is 6.54 Å². The number of hydrogen-bond donors (Lipinski definition) is 2. The van der Waals surface area contributed by atoms with Gasteiger partial charge >= 0.3 is 12.0 Å². The highest BCUT2D eigenvalue weighted by Crippen LogP contribution is 2.22. The van der Waals surface area contributed by atoms with E-state index in [2.05, 4.69) is 10.6 Å². The lowest BCUT2D eigenvalue weighted by atomic mass is 10.1. The molecule has 0 saturated heterocycles. The second kappa shape index (κ2) is 9.65. The Morgan fingerprint density at radius 2 is 1.82 bits per heavy atom. The molecule has 0 atom stereocenters. The van der Waals surface area contributed by atoms with Gasteiger partial charge in [-0.2, -0.15) is 0 Å². The van der Waals surface area contributed by atoms with Gasteiger partial charge in [-0.15, -0.1) is 0 Å². The van der Waals surface area contributed by atoms with Crippen LogP contribution in [-0.4, -0.2) is 38.3 Å². The summed E-state index contributed by atoms with van der Waals surface area (Å²) in [6, 6.07) is 5.61. The van der Waals surface area contributed by atoms with Crippen LogP contribution in [0.2, 0.25) is 0 Å². The first-order valence-corrected chi connectivity index (χ1v) is 7.41. The molecule has 0 heterocycles. The molecule has 0 fully saturated rings. The van der Waals surface area contributed by atoms with Crippen LogP contribution in [0.3, 0.4) is 0 Å². The van der Waals surface area contributed by atoms with Crippen molar-refractivity contribution < 1.29 is 19.1 Å². The second-order valence-electron chi connectivity index (χ2n) is 4.84. The molecule has 0 bridgehead atoms. The van der Waals surface area contributed by atoms with E-state index < -0.39 is 5.97 Å². The molecule has 2 N–H and O–H groups in total. The van der Waals surface area contributed by atoms with E-state index >= 15 is 0 Å². The fourth-order valence-corrected chi connectivity index (χ4v) is 1.90. The van der Waals surface area contributed by atoms with Crippen LogP contribution in [0.5, 0.6) is 5.75 Å². The minimum atomic E-state index is -0.448. The number of esters is 1. The molecular formula is C16H24N2O4. The van der Waals surface area contributed by atoms with Crippen molar-refractivity contribution in [3.63, 3.8) is 0 Å². The Hall–Kier alpha value is -2.24. The van der Waals surface area contributed by atoms with E-state index in [4.69, 9.17) is 9.47 Å². The van der Waals surface area contributed by atoms with E-state index in [9.17, 15) is 9.59 Å². The Kier molecular flexibility index (Phi) is 7.81. The van der Waals surface area contributed by atoms with E-state index in [0.29, 0.717) is 26.2 Å². The lowest BCUT2D eigenvalue weighted by molar-refractivity contribution is -0.141. The Morgan fingerprint density at radius 1 is 1.14 bits per heavy atom. The summed E-state index contributed by atoms with van der Waals surface area (Å²) in [4.78, 5) is 22.5. The molecule has 6 nitrogen and oxygen atoms in total. The van der Waals surface area contributed by atoms with Gasteiger partial charge in [-0.05, 0) is 38.3 Å². The van der Waals surface area contributed by atoms with Gasteiger partial charge in [-0.3, -0.25) is 4.79 Å². The van der Waals surface area contributed by atoms with Crippen LogP contribution in [0, 0.1) is 13.8 Å². The molecule has 0 saturated carbocycles. The van der Waals surface area contributed by atoms with Crippen molar-refractivity contribution in [3.05, 3.63) is 29.3 Å². The van der Waals surface area contributed by atoms with Crippen LogP contribution in [0.4, 0.5) is 4.79 Å². The maximum Gasteiger partial charge on any atom is 0.325 e. The van der Waals surface area contributed by atoms with E-state index in [0.717, 1.165) is 16.9 Å². The SMILES string of the molecule is CCOC(=O)CNC(=O)NCCCOc1c(C)cccc1C. The summed E-state index contributed by atoms with van der Waals surface area (Å²) >= 11 is 0. The van der Waals surface area contributed by atoms with Gasteiger partial charge in [-0.25, -0.2) is 4.79 Å². The topological polar surface area (TPSA) is 76.7 Å². The molecule has 122 valence electrons. The summed E-state index contributed by atoms with van der Waals surface area (Å²) in [5.41, 5.74) is 2.19. The molecule has 22 heavy (non-hydrogen) atoms. The first-order chi connectivity index (χ1) is 10.5. The minimum Gasteiger partial charge on any atom is -0.493 e. The third-order valence-electron chi connectivity index (χ3n) is 2.96. The van der Waals surface area contributed by atoms with Gasteiger partial charge in [-0.1, -0.05) is 18.2 Å². The van der Waals surface area contributed by atoms with Crippen molar-refractivity contribution in [3.8, 4) is 5.75 Å². The number of benzene rings is 1. The number of ether oxygens (including phenoxy) is 2. The quantitative estimate of drug-likeness (QED) is 0.568. The van der Waals surface area contributed by atoms with Gasteiger partial charge < -0.3 is 20.1 Å².